The Kier molecular flexibility index (Phi) is 12.2. The van der Waals surface area contributed by atoms with Crippen molar-refractivity contribution < 1.29 is 25.8 Å². The van der Waals surface area contributed by atoms with Crippen molar-refractivity contribution in [2.24, 2.45) is 0 Å². The molecule has 2 unspecified atom stereocenters. The van der Waals surface area contributed by atoms with Gasteiger partial charge in [0.15, 0.2) is 0 Å². The van der Waals surface area contributed by atoms with E-state index in [2.05, 4.69) is 135 Å². The van der Waals surface area contributed by atoms with Crippen LogP contribution in [0.25, 0.3) is 34.4 Å². The van der Waals surface area contributed by atoms with Gasteiger partial charge in [0.05, 0.1) is 0 Å². The van der Waals surface area contributed by atoms with Gasteiger partial charge in [0.2, 0.25) is 0 Å². The molecule has 0 heterocycles. The second-order valence-corrected chi connectivity index (χ2v) is 35.9. The maximum atomic E-state index is 12.5. The number of fused-ring (bicyclic) bond motifs is 2. The number of allylic oxidation sites excluding steroid dienone is 2. The zero-order valence-corrected chi connectivity index (χ0v) is 34.8. The molecule has 0 aliphatic heterocycles. The average Bonchev–Trinajstić information content (AvgIpc) is 3.72. The normalized spacial score (nSPS) is 16.9. The van der Waals surface area contributed by atoms with Gasteiger partial charge in [-0.2, -0.15) is 0 Å². The van der Waals surface area contributed by atoms with Crippen LogP contribution in [0, 0.1) is 0 Å². The van der Waals surface area contributed by atoms with Gasteiger partial charge in [0.25, 0.3) is 0 Å². The number of carbonyl (C=O) groups excluding carboxylic acids is 2. The summed E-state index contributed by atoms with van der Waals surface area (Å²) < 4.78 is -1.66. The number of rotatable bonds is 17. The van der Waals surface area contributed by atoms with E-state index in [0.29, 0.717) is 12.8 Å². The van der Waals surface area contributed by atoms with Gasteiger partial charge >= 0.3 is 321 Å². The number of amides is 2. The van der Waals surface area contributed by atoms with Crippen LogP contribution in [0.2, 0.25) is 0 Å². The summed E-state index contributed by atoms with van der Waals surface area (Å²) in [5.74, 6) is 0. The molecule has 2 atom stereocenters. The Morgan fingerprint density at radius 2 is 0.942 bits per heavy atom. The van der Waals surface area contributed by atoms with Crippen molar-refractivity contribution in [3.8, 4) is 22.3 Å². The van der Waals surface area contributed by atoms with Gasteiger partial charge in [-0.05, 0) is 0 Å². The Balaban J connectivity index is 1.66. The van der Waals surface area contributed by atoms with Crippen LogP contribution in [-0.4, -0.2) is 17.3 Å². The van der Waals surface area contributed by atoms with E-state index in [1.807, 2.05) is 0 Å². The Labute approximate surface area is 318 Å². The van der Waals surface area contributed by atoms with E-state index in [9.17, 15) is 9.59 Å². The minimum absolute atomic E-state index is 0.366. The molecular weight excluding hydrogens is 761 g/mol. The van der Waals surface area contributed by atoms with Crippen LogP contribution in [0.1, 0.15) is 107 Å². The van der Waals surface area contributed by atoms with Crippen LogP contribution in [0.15, 0.2) is 96.1 Å². The number of carbonyl (C=O) groups is 2. The van der Waals surface area contributed by atoms with Crippen molar-refractivity contribution in [2.75, 3.05) is 0 Å². The van der Waals surface area contributed by atoms with Crippen molar-refractivity contribution in [2.45, 2.75) is 86.3 Å². The van der Waals surface area contributed by atoms with Crippen molar-refractivity contribution >= 4 is 46.5 Å². The van der Waals surface area contributed by atoms with E-state index in [4.69, 9.17) is 17.0 Å². The fourth-order valence-corrected chi connectivity index (χ4v) is 30.0. The molecule has 2 aliphatic carbocycles. The topological polar surface area (TPSA) is 58.2 Å². The summed E-state index contributed by atoms with van der Waals surface area (Å²) in [7, 11) is 17.3. The van der Waals surface area contributed by atoms with Crippen molar-refractivity contribution in [1.82, 2.24) is 10.5 Å². The maximum absolute atomic E-state index is 12.5. The molecule has 0 saturated carbocycles. The fraction of sp³-hybridized carbons (Fsp3) is 0.318. The molecule has 0 fully saturated rings. The molecule has 269 valence electrons. The summed E-state index contributed by atoms with van der Waals surface area (Å²) in [4.78, 5) is 25.0. The van der Waals surface area contributed by atoms with E-state index in [0.717, 1.165) is 84.7 Å². The number of nitrogens with one attached hydrogen (secondary N) is 2. The summed E-state index contributed by atoms with van der Waals surface area (Å²) in [6.45, 7) is 8.79. The second-order valence-electron chi connectivity index (χ2n) is 14.5. The molecule has 2 amide bonds. The first-order valence-electron chi connectivity index (χ1n) is 19.1. The number of hydrogen-bond donors (Lipinski definition) is 2. The molecule has 0 aromatic heterocycles. The predicted molar refractivity (Wildman–Crippen MR) is 219 cm³/mol. The van der Waals surface area contributed by atoms with Gasteiger partial charge in [-0.1, -0.05) is 0 Å². The standard InChI is InChI=1S/2C21H23.C2H3BN2O2.2ClH.Zr/c2*1-3-8-16-14-18-11-7-13-20(21(18)15-16)19-12-6-5-10-17(19)9-4-2;6-1-4-3-5-2-7;;;/h2*5-7,10-15H,3-4,8-9H2,1-2H3;1-2H,(H-,4,5,6,7);2*1H;/q;;;;;+1/p-1. The van der Waals surface area contributed by atoms with E-state index >= 15 is 0 Å². The molecular formula is C44H50BCl2N2O2Zr. The molecule has 4 nitrogen and oxygen atoms in total. The molecule has 6 rings (SSSR count). The van der Waals surface area contributed by atoms with Crippen LogP contribution >= 0.6 is 17.0 Å². The van der Waals surface area contributed by atoms with E-state index < -0.39 is 20.7 Å². The third-order valence-corrected chi connectivity index (χ3v) is 31.2. The van der Waals surface area contributed by atoms with Crippen molar-refractivity contribution in [1.29, 1.82) is 0 Å². The Hall–Kier alpha value is -3.17. The van der Waals surface area contributed by atoms with Gasteiger partial charge in [-0.25, -0.2) is 0 Å². The van der Waals surface area contributed by atoms with Crippen LogP contribution in [0.5, 0.6) is 0 Å². The Bertz CT molecular complexity index is 1890. The van der Waals surface area contributed by atoms with Gasteiger partial charge in [0.1, 0.15) is 0 Å². The average molecular weight is 812 g/mol. The SMILES string of the molecule is CCCC1=Cc2c(-c3ccccc3CCC)cccc2[CH]1[Zr]([Cl])([Cl])([B](NC=O)NC=O)[CH]1C(CCC)=Cc2c(-c3ccccc3CCC)cccc21. The third kappa shape index (κ3) is 6.74. The van der Waals surface area contributed by atoms with Gasteiger partial charge in [0, 0.05) is 0 Å². The summed E-state index contributed by atoms with van der Waals surface area (Å²) in [5.41, 5.74) is 14.2. The van der Waals surface area contributed by atoms with Gasteiger partial charge in [-0.3, -0.25) is 0 Å². The number of halogens is 2. The van der Waals surface area contributed by atoms with Crippen molar-refractivity contribution in [3.05, 3.63) is 129 Å². The summed E-state index contributed by atoms with van der Waals surface area (Å²) in [6, 6.07) is 30.3. The third-order valence-electron chi connectivity index (χ3n) is 11.2. The fourth-order valence-electron chi connectivity index (χ4n) is 9.25. The second kappa shape index (κ2) is 16.5. The Morgan fingerprint density at radius 1 is 0.558 bits per heavy atom. The summed E-state index contributed by atoms with van der Waals surface area (Å²) >= 11 is -5.83. The first-order valence-corrected chi connectivity index (χ1v) is 29.7. The molecule has 0 spiro atoms. The zero-order valence-electron chi connectivity index (χ0n) is 30.9. The summed E-state index contributed by atoms with van der Waals surface area (Å²) in [6.07, 6.45) is 13.4. The van der Waals surface area contributed by atoms with Crippen LogP contribution < -0.4 is 10.5 Å². The van der Waals surface area contributed by atoms with Gasteiger partial charge in [-0.15, -0.1) is 0 Å². The molecule has 0 saturated heterocycles. The molecule has 8 heteroatoms. The first-order chi connectivity index (χ1) is 25.3. The number of aryl methyl sites for hydroxylation is 2. The predicted octanol–water partition coefficient (Wildman–Crippen LogP) is 11.6. The quantitative estimate of drug-likeness (QED) is 0.0824. The van der Waals surface area contributed by atoms with Crippen LogP contribution in [0.3, 0.4) is 0 Å². The monoisotopic (exact) mass is 809 g/mol. The minimum atomic E-state index is -5.83. The molecule has 4 aromatic carbocycles. The molecule has 0 bridgehead atoms. The Morgan fingerprint density at radius 3 is 1.33 bits per heavy atom. The molecule has 0 radical (unpaired) electrons. The van der Waals surface area contributed by atoms with Crippen molar-refractivity contribution in [3.63, 3.8) is 0 Å². The molecule has 2 N–H and O–H groups in total. The van der Waals surface area contributed by atoms with Gasteiger partial charge < -0.3 is 0 Å². The molecule has 4 aromatic rings. The van der Waals surface area contributed by atoms with Crippen LogP contribution in [0.4, 0.5) is 0 Å². The van der Waals surface area contributed by atoms with E-state index in [1.54, 1.807) is 0 Å². The molecule has 52 heavy (non-hydrogen) atoms. The van der Waals surface area contributed by atoms with Crippen LogP contribution in [-0.2, 0) is 38.6 Å². The summed E-state index contributed by atoms with van der Waals surface area (Å²) in [5, 5.41) is 6.00. The van der Waals surface area contributed by atoms with E-state index in [1.165, 1.54) is 33.4 Å². The number of hydrogen-bond acceptors (Lipinski definition) is 2. The van der Waals surface area contributed by atoms with E-state index in [-0.39, 0.29) is 7.25 Å². The zero-order chi connectivity index (χ0) is 36.9. The number of benzene rings is 4. The first kappa shape index (κ1) is 38.5. The molecule has 2 aliphatic rings.